The van der Waals surface area contributed by atoms with Crippen LogP contribution in [0.1, 0.15) is 0 Å². The van der Waals surface area contributed by atoms with Gasteiger partial charge in [0.15, 0.2) is 0 Å². The molecule has 0 amide bonds. The number of hydrogen-bond acceptors (Lipinski definition) is 4. The molecule has 0 unspecified atom stereocenters. The topological polar surface area (TPSA) is 89.7 Å². The maximum atomic E-state index is 9.15. The van der Waals surface area contributed by atoms with Crippen LogP contribution in [0.3, 0.4) is 0 Å². The minimum absolute atomic E-state index is 0. The van der Waals surface area contributed by atoms with Gasteiger partial charge in [-0.15, -0.1) is 10.1 Å². The molecular formula is CH4BaNNaO5. The van der Waals surface area contributed by atoms with Crippen LogP contribution < -0.4 is 0 Å². The predicted octanol–water partition coefficient (Wildman–Crippen LogP) is -1.69. The molecule has 0 aromatic heterocycles. The van der Waals surface area contributed by atoms with Crippen LogP contribution in [0.5, 0.6) is 0 Å². The third-order valence-corrected chi connectivity index (χ3v) is 0.153. The van der Waals surface area contributed by atoms with Crippen molar-refractivity contribution >= 4 is 84.6 Å². The summed E-state index contributed by atoms with van der Waals surface area (Å²) in [6.45, 7) is 0. The summed E-state index contributed by atoms with van der Waals surface area (Å²) in [5.74, 6) is 0. The Labute approximate surface area is 112 Å². The fraction of sp³-hybridized carbons (Fsp3) is 0. The Morgan fingerprint density at radius 3 is 2.00 bits per heavy atom. The van der Waals surface area contributed by atoms with Gasteiger partial charge in [0.2, 0.25) is 0 Å². The maximum absolute atomic E-state index is 9.15. The number of carbonyl (C=O) groups is 1. The summed E-state index contributed by atoms with van der Waals surface area (Å²) in [6.07, 6.45) is -1.91. The van der Waals surface area contributed by atoms with Gasteiger partial charge in [0.1, 0.15) is 0 Å². The quantitative estimate of drug-likeness (QED) is 0.349. The van der Waals surface area contributed by atoms with Gasteiger partial charge in [-0.3, -0.25) is 0 Å². The first-order chi connectivity index (χ1) is 3.13. The average Bonchev–Trinajstić information content (AvgIpc) is 1.27. The third kappa shape index (κ3) is 17.6. The summed E-state index contributed by atoms with van der Waals surface area (Å²) in [5, 5.41) is 15.0. The van der Waals surface area contributed by atoms with Gasteiger partial charge in [0, 0.05) is 0 Å². The second kappa shape index (κ2) is 9.24. The molecule has 0 rings (SSSR count). The predicted molar refractivity (Wildman–Crippen MR) is 31.8 cm³/mol. The van der Waals surface area contributed by atoms with Gasteiger partial charge < -0.3 is 5.11 Å². The van der Waals surface area contributed by atoms with Crippen LogP contribution in [-0.2, 0) is 4.84 Å². The molecule has 6 nitrogen and oxygen atoms in total. The summed E-state index contributed by atoms with van der Waals surface area (Å²) in [4.78, 5) is 21.0. The molecule has 0 aromatic rings. The molecule has 0 aromatic carbocycles. The van der Waals surface area contributed by atoms with E-state index in [1.807, 2.05) is 0 Å². The molecule has 46 valence electrons. The Morgan fingerprint density at radius 1 is 1.67 bits per heavy atom. The molecule has 0 saturated heterocycles. The molecule has 0 bridgehead atoms. The Kier molecular flexibility index (Phi) is 17.1. The van der Waals surface area contributed by atoms with Crippen LogP contribution in [0.25, 0.3) is 0 Å². The SMILES string of the molecule is O=C(O)O[N+](=O)[O-].[BaH2].[NaH]. The molecular weight excluding hydrogens is 266 g/mol. The van der Waals surface area contributed by atoms with Crippen LogP contribution in [0.15, 0.2) is 0 Å². The summed E-state index contributed by atoms with van der Waals surface area (Å²) in [6, 6.07) is 0. The van der Waals surface area contributed by atoms with E-state index in [4.69, 9.17) is 20.0 Å². The molecule has 0 spiro atoms. The van der Waals surface area contributed by atoms with Crippen LogP contribution >= 0.6 is 0 Å². The monoisotopic (exact) mass is 271 g/mol. The minimum atomic E-state index is -1.91. The number of carboxylic acid groups (broad SMARTS) is 1. The molecule has 0 saturated carbocycles. The van der Waals surface area contributed by atoms with E-state index in [9.17, 15) is 0 Å². The average molecular weight is 270 g/mol. The fourth-order valence-corrected chi connectivity index (χ4v) is 0.0638. The third-order valence-electron chi connectivity index (χ3n) is 0.153. The second-order valence-corrected chi connectivity index (χ2v) is 0.581. The molecule has 1 N–H and O–H groups in total. The summed E-state index contributed by atoms with van der Waals surface area (Å²) in [5.41, 5.74) is 0. The van der Waals surface area contributed by atoms with E-state index in [2.05, 4.69) is 4.84 Å². The van der Waals surface area contributed by atoms with Gasteiger partial charge in [0.25, 0.3) is 0 Å². The summed E-state index contributed by atoms with van der Waals surface area (Å²) in [7, 11) is 0. The zero-order chi connectivity index (χ0) is 5.86. The Bertz CT molecular complexity index is 93.1. The summed E-state index contributed by atoms with van der Waals surface area (Å²) >= 11 is 0. The molecule has 0 aliphatic rings. The number of nitrogens with zero attached hydrogens (tertiary/aromatic N) is 1. The normalized spacial score (nSPS) is 5.78. The van der Waals surface area contributed by atoms with E-state index in [-0.39, 0.29) is 78.4 Å². The molecule has 0 aliphatic carbocycles. The Morgan fingerprint density at radius 2 is 2.00 bits per heavy atom. The van der Waals surface area contributed by atoms with Crippen molar-refractivity contribution < 1.29 is 19.8 Å². The fourth-order valence-electron chi connectivity index (χ4n) is 0.0638. The zero-order valence-electron chi connectivity index (χ0n) is 3.03. The van der Waals surface area contributed by atoms with Gasteiger partial charge in [-0.05, 0) is 0 Å². The van der Waals surface area contributed by atoms with E-state index in [0.29, 0.717) is 0 Å². The molecule has 0 atom stereocenters. The standard InChI is InChI=1S/CHNO5.Ba.Na.3H/c3-1(4)7-2(5)6;;;;;/h(H,3,4);;;;;. The molecule has 0 aliphatic heterocycles. The van der Waals surface area contributed by atoms with Crippen molar-refractivity contribution in [3.63, 3.8) is 0 Å². The molecule has 0 fully saturated rings. The molecule has 8 heteroatoms. The van der Waals surface area contributed by atoms with Crippen molar-refractivity contribution in [3.8, 4) is 0 Å². The van der Waals surface area contributed by atoms with Crippen molar-refractivity contribution in [1.29, 1.82) is 0 Å². The summed E-state index contributed by atoms with van der Waals surface area (Å²) < 4.78 is 0. The van der Waals surface area contributed by atoms with Gasteiger partial charge in [-0.25, -0.2) is 4.79 Å². The van der Waals surface area contributed by atoms with Gasteiger partial charge in [-0.2, -0.15) is 4.84 Å². The Hall–Kier alpha value is 1.24. The van der Waals surface area contributed by atoms with E-state index in [1.54, 1.807) is 0 Å². The second-order valence-electron chi connectivity index (χ2n) is 0.581. The van der Waals surface area contributed by atoms with Crippen LogP contribution in [0.4, 0.5) is 4.79 Å². The van der Waals surface area contributed by atoms with Crippen LogP contribution in [0, 0.1) is 10.1 Å². The first-order valence-corrected chi connectivity index (χ1v) is 1.18. The van der Waals surface area contributed by atoms with Crippen molar-refractivity contribution in [2.24, 2.45) is 0 Å². The van der Waals surface area contributed by atoms with E-state index in [1.165, 1.54) is 0 Å². The van der Waals surface area contributed by atoms with Crippen molar-refractivity contribution in [3.05, 3.63) is 10.1 Å². The van der Waals surface area contributed by atoms with E-state index >= 15 is 0 Å². The van der Waals surface area contributed by atoms with E-state index in [0.717, 1.165) is 0 Å². The molecule has 9 heavy (non-hydrogen) atoms. The van der Waals surface area contributed by atoms with Gasteiger partial charge in [-0.1, -0.05) is 0 Å². The number of hydrogen-bond donors (Lipinski definition) is 1. The van der Waals surface area contributed by atoms with Crippen molar-refractivity contribution in [2.45, 2.75) is 0 Å². The molecule has 0 heterocycles. The Balaban J connectivity index is -0.000000180. The van der Waals surface area contributed by atoms with E-state index < -0.39 is 11.2 Å². The van der Waals surface area contributed by atoms with Gasteiger partial charge in [0.05, 0.1) is 0 Å². The van der Waals surface area contributed by atoms with Crippen molar-refractivity contribution in [1.82, 2.24) is 0 Å². The zero-order valence-corrected chi connectivity index (χ0v) is 3.03. The number of rotatable bonds is 1. The van der Waals surface area contributed by atoms with Crippen LogP contribution in [0.2, 0.25) is 0 Å². The van der Waals surface area contributed by atoms with Crippen LogP contribution in [-0.4, -0.2) is 94.8 Å². The van der Waals surface area contributed by atoms with Crippen molar-refractivity contribution in [2.75, 3.05) is 0 Å². The van der Waals surface area contributed by atoms with Gasteiger partial charge >= 0.3 is 89.7 Å². The molecule has 0 radical (unpaired) electrons. The first-order valence-electron chi connectivity index (χ1n) is 1.18. The first kappa shape index (κ1) is 16.7.